The fraction of sp³-hybridized carbons (Fsp3) is 1.00. The van der Waals surface area contributed by atoms with Crippen LogP contribution in [0.4, 0.5) is 0 Å². The van der Waals surface area contributed by atoms with E-state index < -0.39 is 0 Å². The van der Waals surface area contributed by atoms with Crippen LogP contribution in [0.5, 0.6) is 0 Å². The molecule has 0 aromatic heterocycles. The Morgan fingerprint density at radius 1 is 1.19 bits per heavy atom. The molecule has 2 nitrogen and oxygen atoms in total. The third kappa shape index (κ3) is 4.42. The Balaban J connectivity index is 2.27. The van der Waals surface area contributed by atoms with Crippen LogP contribution in [0.3, 0.4) is 0 Å². The highest BCUT2D eigenvalue weighted by atomic mass is 15.2. The lowest BCUT2D eigenvalue weighted by Gasteiger charge is -2.30. The smallest absolute Gasteiger partial charge is 0.0195 e. The summed E-state index contributed by atoms with van der Waals surface area (Å²) in [4.78, 5) is 2.70. The van der Waals surface area contributed by atoms with E-state index in [2.05, 4.69) is 37.9 Å². The van der Waals surface area contributed by atoms with E-state index in [1.54, 1.807) is 0 Å². The van der Waals surface area contributed by atoms with Crippen molar-refractivity contribution in [1.29, 1.82) is 0 Å². The zero-order valence-corrected chi connectivity index (χ0v) is 11.6. The first-order chi connectivity index (χ1) is 7.72. The molecule has 1 fully saturated rings. The van der Waals surface area contributed by atoms with Crippen LogP contribution in [0.2, 0.25) is 0 Å². The Kier molecular flexibility index (Phi) is 6.37. The average Bonchev–Trinajstić information content (AvgIpc) is 3.11. The van der Waals surface area contributed by atoms with Crippen molar-refractivity contribution in [1.82, 2.24) is 10.2 Å². The molecule has 0 spiro atoms. The highest BCUT2D eigenvalue weighted by Gasteiger charge is 2.31. The van der Waals surface area contributed by atoms with Crippen molar-refractivity contribution in [3.63, 3.8) is 0 Å². The molecule has 1 aliphatic rings. The molecule has 0 saturated heterocycles. The lowest BCUT2D eigenvalue weighted by molar-refractivity contribution is 0.190. The molecule has 0 aromatic rings. The van der Waals surface area contributed by atoms with Crippen molar-refractivity contribution in [3.8, 4) is 0 Å². The van der Waals surface area contributed by atoms with E-state index in [1.807, 2.05) is 0 Å². The maximum atomic E-state index is 3.70. The Morgan fingerprint density at radius 3 is 2.25 bits per heavy atom. The molecule has 0 heterocycles. The molecular formula is C14H30N2. The SMILES string of the molecule is CCCN(C(C)CNC(CC)CC)C1CC1. The normalized spacial score (nSPS) is 18.4. The Hall–Kier alpha value is -0.0800. The molecule has 0 radical (unpaired) electrons. The Morgan fingerprint density at radius 2 is 1.81 bits per heavy atom. The summed E-state index contributed by atoms with van der Waals surface area (Å²) in [7, 11) is 0. The topological polar surface area (TPSA) is 15.3 Å². The fourth-order valence-corrected chi connectivity index (χ4v) is 2.46. The molecule has 1 atom stereocenters. The minimum atomic E-state index is 0.702. The molecule has 0 aromatic carbocycles. The number of nitrogens with zero attached hydrogens (tertiary/aromatic N) is 1. The van der Waals surface area contributed by atoms with Gasteiger partial charge in [0.05, 0.1) is 0 Å². The van der Waals surface area contributed by atoms with Gasteiger partial charge in [-0.25, -0.2) is 0 Å². The first kappa shape index (κ1) is 14.0. The molecule has 1 unspecified atom stereocenters. The molecule has 96 valence electrons. The zero-order chi connectivity index (χ0) is 12.0. The van der Waals surface area contributed by atoms with Gasteiger partial charge >= 0.3 is 0 Å². The van der Waals surface area contributed by atoms with Gasteiger partial charge in [-0.3, -0.25) is 4.90 Å². The number of nitrogens with one attached hydrogen (secondary N) is 1. The molecular weight excluding hydrogens is 196 g/mol. The summed E-state index contributed by atoms with van der Waals surface area (Å²) in [5.74, 6) is 0. The molecule has 1 aliphatic carbocycles. The van der Waals surface area contributed by atoms with Crippen LogP contribution >= 0.6 is 0 Å². The second-order valence-corrected chi connectivity index (χ2v) is 5.24. The molecule has 1 rings (SSSR count). The molecule has 1 saturated carbocycles. The van der Waals surface area contributed by atoms with E-state index in [4.69, 9.17) is 0 Å². The molecule has 16 heavy (non-hydrogen) atoms. The zero-order valence-electron chi connectivity index (χ0n) is 11.6. The van der Waals surface area contributed by atoms with E-state index in [1.165, 1.54) is 38.6 Å². The van der Waals surface area contributed by atoms with Crippen LogP contribution < -0.4 is 5.32 Å². The lowest BCUT2D eigenvalue weighted by atomic mass is 10.1. The molecule has 0 bridgehead atoms. The van der Waals surface area contributed by atoms with Crippen LogP contribution in [-0.2, 0) is 0 Å². The summed E-state index contributed by atoms with van der Waals surface area (Å²) in [5.41, 5.74) is 0. The first-order valence-corrected chi connectivity index (χ1v) is 7.21. The molecule has 0 aliphatic heterocycles. The summed E-state index contributed by atoms with van der Waals surface area (Å²) in [6.45, 7) is 11.6. The van der Waals surface area contributed by atoms with Gasteiger partial charge in [0, 0.05) is 24.7 Å². The van der Waals surface area contributed by atoms with E-state index in [0.717, 1.165) is 12.6 Å². The summed E-state index contributed by atoms with van der Waals surface area (Å²) in [6, 6.07) is 2.32. The number of hydrogen-bond acceptors (Lipinski definition) is 2. The predicted molar refractivity (Wildman–Crippen MR) is 71.9 cm³/mol. The third-order valence-corrected chi connectivity index (χ3v) is 3.75. The van der Waals surface area contributed by atoms with Crippen molar-refractivity contribution >= 4 is 0 Å². The Bertz CT molecular complexity index is 174. The Labute approximate surface area is 102 Å². The highest BCUT2D eigenvalue weighted by Crippen LogP contribution is 2.28. The van der Waals surface area contributed by atoms with Gasteiger partial charge in [-0.2, -0.15) is 0 Å². The van der Waals surface area contributed by atoms with Gasteiger partial charge in [-0.15, -0.1) is 0 Å². The summed E-state index contributed by atoms with van der Waals surface area (Å²) >= 11 is 0. The third-order valence-electron chi connectivity index (χ3n) is 3.75. The fourth-order valence-electron chi connectivity index (χ4n) is 2.46. The second-order valence-electron chi connectivity index (χ2n) is 5.24. The summed E-state index contributed by atoms with van der Waals surface area (Å²) < 4.78 is 0. The van der Waals surface area contributed by atoms with Crippen LogP contribution in [0.15, 0.2) is 0 Å². The number of hydrogen-bond donors (Lipinski definition) is 1. The van der Waals surface area contributed by atoms with Crippen molar-refractivity contribution in [2.75, 3.05) is 13.1 Å². The van der Waals surface area contributed by atoms with Crippen molar-refractivity contribution in [3.05, 3.63) is 0 Å². The maximum absolute atomic E-state index is 3.70. The largest absolute Gasteiger partial charge is 0.312 e. The highest BCUT2D eigenvalue weighted by molar-refractivity contribution is 4.88. The summed E-state index contributed by atoms with van der Waals surface area (Å²) in [6.07, 6.45) is 6.64. The second kappa shape index (κ2) is 7.29. The van der Waals surface area contributed by atoms with E-state index in [-0.39, 0.29) is 0 Å². The monoisotopic (exact) mass is 226 g/mol. The van der Waals surface area contributed by atoms with Crippen LogP contribution in [0.1, 0.15) is 59.8 Å². The van der Waals surface area contributed by atoms with Crippen LogP contribution in [-0.4, -0.2) is 36.1 Å². The van der Waals surface area contributed by atoms with Crippen molar-refractivity contribution < 1.29 is 0 Å². The van der Waals surface area contributed by atoms with Gasteiger partial charge in [-0.1, -0.05) is 20.8 Å². The molecule has 0 amide bonds. The number of rotatable bonds is 9. The lowest BCUT2D eigenvalue weighted by Crippen LogP contribution is -2.44. The van der Waals surface area contributed by atoms with Gasteiger partial charge in [0.1, 0.15) is 0 Å². The van der Waals surface area contributed by atoms with E-state index in [0.29, 0.717) is 12.1 Å². The van der Waals surface area contributed by atoms with E-state index in [9.17, 15) is 0 Å². The van der Waals surface area contributed by atoms with Gasteiger partial charge < -0.3 is 5.32 Å². The molecule has 2 heteroatoms. The van der Waals surface area contributed by atoms with Crippen LogP contribution in [0.25, 0.3) is 0 Å². The van der Waals surface area contributed by atoms with E-state index >= 15 is 0 Å². The van der Waals surface area contributed by atoms with Gasteiger partial charge in [0.2, 0.25) is 0 Å². The van der Waals surface area contributed by atoms with Crippen molar-refractivity contribution in [2.45, 2.75) is 77.9 Å². The minimum Gasteiger partial charge on any atom is -0.312 e. The van der Waals surface area contributed by atoms with Gasteiger partial charge in [-0.05, 0) is 45.6 Å². The predicted octanol–water partition coefficient (Wildman–Crippen LogP) is 3.03. The van der Waals surface area contributed by atoms with Crippen molar-refractivity contribution in [2.24, 2.45) is 0 Å². The first-order valence-electron chi connectivity index (χ1n) is 7.21. The quantitative estimate of drug-likeness (QED) is 0.650. The summed E-state index contributed by atoms with van der Waals surface area (Å²) in [5, 5.41) is 3.70. The maximum Gasteiger partial charge on any atom is 0.0195 e. The average molecular weight is 226 g/mol. The standard InChI is InChI=1S/C14H30N2/c1-5-10-16(14-8-9-14)12(4)11-15-13(6-2)7-3/h12-15H,5-11H2,1-4H3. The molecule has 1 N–H and O–H groups in total. The van der Waals surface area contributed by atoms with Crippen LogP contribution in [0, 0.1) is 0 Å². The van der Waals surface area contributed by atoms with Gasteiger partial charge in [0.25, 0.3) is 0 Å². The van der Waals surface area contributed by atoms with Gasteiger partial charge in [0.15, 0.2) is 0 Å². The minimum absolute atomic E-state index is 0.702.